The van der Waals surface area contributed by atoms with Gasteiger partial charge in [-0.15, -0.1) is 0 Å². The van der Waals surface area contributed by atoms with Gasteiger partial charge in [0, 0.05) is 0 Å². The maximum absolute atomic E-state index is 13.6. The van der Waals surface area contributed by atoms with Gasteiger partial charge in [-0.1, -0.05) is 24.3 Å². The summed E-state index contributed by atoms with van der Waals surface area (Å²) in [6.45, 7) is 1.88. The van der Waals surface area contributed by atoms with Gasteiger partial charge in [0.2, 0.25) is 0 Å². The Bertz CT molecular complexity index is 636. The van der Waals surface area contributed by atoms with Crippen LogP contribution in [0.5, 0.6) is 0 Å². The summed E-state index contributed by atoms with van der Waals surface area (Å²) in [5, 5.41) is 0. The first-order valence-corrected chi connectivity index (χ1v) is 6.23. The van der Waals surface area contributed by atoms with Gasteiger partial charge in [0.25, 0.3) is 0 Å². The molecule has 104 valence electrons. The number of hydrogen-bond acceptors (Lipinski definition) is 3. The van der Waals surface area contributed by atoms with Crippen LogP contribution >= 0.6 is 0 Å². The highest BCUT2D eigenvalue weighted by atomic mass is 19.1. The Labute approximate surface area is 117 Å². The first kappa shape index (κ1) is 14.1. The summed E-state index contributed by atoms with van der Waals surface area (Å²) < 4.78 is 18.2. The molecule has 0 saturated heterocycles. The Morgan fingerprint density at radius 2 is 1.90 bits per heavy atom. The molecule has 0 spiro atoms. The molecule has 2 rings (SSSR count). The Kier molecular flexibility index (Phi) is 4.03. The van der Waals surface area contributed by atoms with Crippen molar-refractivity contribution in [3.8, 4) is 11.1 Å². The Hall–Kier alpha value is -2.36. The number of nitrogens with two attached hydrogens (primary N) is 1. The quantitative estimate of drug-likeness (QED) is 0.690. The van der Waals surface area contributed by atoms with Crippen LogP contribution in [0.3, 0.4) is 0 Å². The highest BCUT2D eigenvalue weighted by Gasteiger charge is 2.08. The van der Waals surface area contributed by atoms with E-state index in [1.165, 1.54) is 13.2 Å². The van der Waals surface area contributed by atoms with Crippen LogP contribution in [0, 0.1) is 12.7 Å². The van der Waals surface area contributed by atoms with Crippen LogP contribution in [-0.2, 0) is 16.0 Å². The Morgan fingerprint density at radius 1 is 1.25 bits per heavy atom. The van der Waals surface area contributed by atoms with Crippen molar-refractivity contribution in [2.75, 3.05) is 12.8 Å². The minimum atomic E-state index is -0.427. The molecular weight excluding hydrogens is 257 g/mol. The van der Waals surface area contributed by atoms with E-state index in [0.717, 1.165) is 22.3 Å². The molecule has 0 saturated carbocycles. The van der Waals surface area contributed by atoms with Crippen LogP contribution in [0.15, 0.2) is 36.4 Å². The summed E-state index contributed by atoms with van der Waals surface area (Å²) in [7, 11) is 1.36. The Morgan fingerprint density at radius 3 is 2.50 bits per heavy atom. The minimum absolute atomic E-state index is 0.147. The number of nitrogen functional groups attached to an aromatic ring is 1. The van der Waals surface area contributed by atoms with Gasteiger partial charge in [0.1, 0.15) is 5.82 Å². The van der Waals surface area contributed by atoms with Gasteiger partial charge in [0.15, 0.2) is 0 Å². The van der Waals surface area contributed by atoms with E-state index in [9.17, 15) is 9.18 Å². The van der Waals surface area contributed by atoms with Gasteiger partial charge < -0.3 is 10.5 Å². The van der Waals surface area contributed by atoms with Crippen LogP contribution in [0.25, 0.3) is 11.1 Å². The largest absolute Gasteiger partial charge is 0.469 e. The van der Waals surface area contributed by atoms with Gasteiger partial charge >= 0.3 is 5.97 Å². The number of methoxy groups -OCH3 is 1. The van der Waals surface area contributed by atoms with E-state index in [1.807, 2.05) is 31.2 Å². The third kappa shape index (κ3) is 2.96. The lowest BCUT2D eigenvalue weighted by Gasteiger charge is -2.09. The zero-order chi connectivity index (χ0) is 14.7. The highest BCUT2D eigenvalue weighted by Crippen LogP contribution is 2.27. The molecule has 0 atom stereocenters. The maximum atomic E-state index is 13.6. The molecule has 2 N–H and O–H groups in total. The lowest BCUT2D eigenvalue weighted by Crippen LogP contribution is -2.04. The number of esters is 1. The van der Waals surface area contributed by atoms with E-state index in [0.29, 0.717) is 0 Å². The zero-order valence-electron chi connectivity index (χ0n) is 11.4. The maximum Gasteiger partial charge on any atom is 0.309 e. The molecule has 0 radical (unpaired) electrons. The summed E-state index contributed by atoms with van der Waals surface area (Å²) >= 11 is 0. The average molecular weight is 273 g/mol. The third-order valence-corrected chi connectivity index (χ3v) is 3.18. The molecule has 4 heteroatoms. The first-order chi connectivity index (χ1) is 9.51. The molecule has 0 fully saturated rings. The van der Waals surface area contributed by atoms with E-state index >= 15 is 0 Å². The molecule has 0 amide bonds. The topological polar surface area (TPSA) is 52.3 Å². The molecule has 2 aromatic carbocycles. The first-order valence-electron chi connectivity index (χ1n) is 6.23. The van der Waals surface area contributed by atoms with Crippen LogP contribution in [-0.4, -0.2) is 13.1 Å². The van der Waals surface area contributed by atoms with Crippen molar-refractivity contribution in [3.63, 3.8) is 0 Å². The van der Waals surface area contributed by atoms with Crippen LogP contribution in [0.4, 0.5) is 10.1 Å². The third-order valence-electron chi connectivity index (χ3n) is 3.18. The predicted octanol–water partition coefficient (Wildman–Crippen LogP) is 3.10. The molecule has 0 unspecified atom stereocenters. The van der Waals surface area contributed by atoms with Crippen LogP contribution in [0.1, 0.15) is 11.1 Å². The van der Waals surface area contributed by atoms with E-state index in [2.05, 4.69) is 4.74 Å². The highest BCUT2D eigenvalue weighted by molar-refractivity contribution is 5.74. The lowest BCUT2D eigenvalue weighted by molar-refractivity contribution is -0.139. The molecule has 2 aromatic rings. The van der Waals surface area contributed by atoms with Gasteiger partial charge in [-0.05, 0) is 41.3 Å². The van der Waals surface area contributed by atoms with Crippen molar-refractivity contribution in [2.45, 2.75) is 13.3 Å². The van der Waals surface area contributed by atoms with Gasteiger partial charge in [-0.2, -0.15) is 0 Å². The zero-order valence-corrected chi connectivity index (χ0v) is 11.4. The standard InChI is InChI=1S/C16H16FNO2/c1-10-7-15(18)14(17)9-13(10)12-5-3-11(4-6-12)8-16(19)20-2/h3-7,9H,8,18H2,1-2H3. The summed E-state index contributed by atoms with van der Waals surface area (Å²) in [6.07, 6.45) is 0.228. The van der Waals surface area contributed by atoms with E-state index < -0.39 is 5.82 Å². The smallest absolute Gasteiger partial charge is 0.309 e. The van der Waals surface area contributed by atoms with Crippen molar-refractivity contribution in [1.82, 2.24) is 0 Å². The van der Waals surface area contributed by atoms with E-state index in [1.54, 1.807) is 6.07 Å². The molecule has 0 bridgehead atoms. The van der Waals surface area contributed by atoms with E-state index in [-0.39, 0.29) is 18.1 Å². The predicted molar refractivity (Wildman–Crippen MR) is 76.7 cm³/mol. The minimum Gasteiger partial charge on any atom is -0.469 e. The Balaban J connectivity index is 2.30. The summed E-state index contributed by atoms with van der Waals surface area (Å²) in [5.74, 6) is -0.711. The molecule has 0 aliphatic heterocycles. The average Bonchev–Trinajstić information content (AvgIpc) is 2.44. The second kappa shape index (κ2) is 5.74. The van der Waals surface area contributed by atoms with Gasteiger partial charge in [-0.25, -0.2) is 4.39 Å². The number of aryl methyl sites for hydroxylation is 1. The summed E-state index contributed by atoms with van der Waals surface area (Å²) in [6, 6.07) is 10.4. The molecule has 0 heterocycles. The summed E-state index contributed by atoms with van der Waals surface area (Å²) in [4.78, 5) is 11.2. The molecule has 20 heavy (non-hydrogen) atoms. The number of halogens is 1. The number of carbonyl (C=O) groups is 1. The van der Waals surface area contributed by atoms with Gasteiger partial charge in [0.05, 0.1) is 19.2 Å². The fraction of sp³-hybridized carbons (Fsp3) is 0.188. The van der Waals surface area contributed by atoms with Crippen molar-refractivity contribution < 1.29 is 13.9 Å². The normalized spacial score (nSPS) is 10.3. The fourth-order valence-corrected chi connectivity index (χ4v) is 2.06. The van der Waals surface area contributed by atoms with Crippen LogP contribution in [0.2, 0.25) is 0 Å². The summed E-state index contributed by atoms with van der Waals surface area (Å²) in [5.41, 5.74) is 9.12. The molecular formula is C16H16FNO2. The number of benzene rings is 2. The second-order valence-electron chi connectivity index (χ2n) is 4.64. The van der Waals surface area contributed by atoms with Gasteiger partial charge in [-0.3, -0.25) is 4.79 Å². The van der Waals surface area contributed by atoms with E-state index in [4.69, 9.17) is 5.73 Å². The number of rotatable bonds is 3. The molecule has 3 nitrogen and oxygen atoms in total. The fourth-order valence-electron chi connectivity index (χ4n) is 2.06. The number of ether oxygens (including phenoxy) is 1. The van der Waals surface area contributed by atoms with Crippen molar-refractivity contribution in [3.05, 3.63) is 53.3 Å². The molecule has 0 aliphatic rings. The molecule has 0 aromatic heterocycles. The number of anilines is 1. The monoisotopic (exact) mass is 273 g/mol. The second-order valence-corrected chi connectivity index (χ2v) is 4.64. The molecule has 0 aliphatic carbocycles. The van der Waals surface area contributed by atoms with Crippen molar-refractivity contribution >= 4 is 11.7 Å². The number of carbonyl (C=O) groups excluding carboxylic acids is 1. The lowest BCUT2D eigenvalue weighted by atomic mass is 9.98. The van der Waals surface area contributed by atoms with Crippen molar-refractivity contribution in [1.29, 1.82) is 0 Å². The van der Waals surface area contributed by atoms with Crippen LogP contribution < -0.4 is 5.73 Å². The number of hydrogen-bond donors (Lipinski definition) is 1. The van der Waals surface area contributed by atoms with Crippen molar-refractivity contribution in [2.24, 2.45) is 0 Å². The SMILES string of the molecule is COC(=O)Cc1ccc(-c2cc(F)c(N)cc2C)cc1.